The molecule has 28 heavy (non-hydrogen) atoms. The Bertz CT molecular complexity index is 659. The van der Waals surface area contributed by atoms with Crippen LogP contribution >= 0.6 is 0 Å². The number of hydrogen-bond donors (Lipinski definition) is 1. The van der Waals surface area contributed by atoms with Crippen LogP contribution in [0.3, 0.4) is 0 Å². The molecule has 0 radical (unpaired) electrons. The summed E-state index contributed by atoms with van der Waals surface area (Å²) in [5.41, 5.74) is 0.683. The summed E-state index contributed by atoms with van der Waals surface area (Å²) in [4.78, 5) is 24.9. The minimum Gasteiger partial charge on any atom is -0.440 e. The third-order valence-electron chi connectivity index (χ3n) is 4.10. The van der Waals surface area contributed by atoms with Crippen molar-refractivity contribution in [1.29, 1.82) is 0 Å². The van der Waals surface area contributed by atoms with Gasteiger partial charge in [0.2, 0.25) is 5.91 Å². The maximum absolute atomic E-state index is 12.2. The van der Waals surface area contributed by atoms with Crippen molar-refractivity contribution >= 4 is 12.0 Å². The average molecular weight is 410 g/mol. The first-order chi connectivity index (χ1) is 13.1. The molecule has 0 unspecified atom stereocenters. The van der Waals surface area contributed by atoms with E-state index in [1.165, 1.54) is 24.3 Å². The molecule has 1 aromatic rings. The Labute approximate surface area is 157 Å². The van der Waals surface area contributed by atoms with Crippen molar-refractivity contribution in [3.05, 3.63) is 29.8 Å². The third kappa shape index (κ3) is 7.20. The quantitative estimate of drug-likeness (QED) is 0.731. The predicted octanol–water partition coefficient (Wildman–Crippen LogP) is 3.32. The van der Waals surface area contributed by atoms with Crippen molar-refractivity contribution in [3.63, 3.8) is 0 Å². The molecule has 1 aromatic carbocycles. The Morgan fingerprint density at radius 1 is 1.14 bits per heavy atom. The molecule has 2 amide bonds. The molecule has 6 nitrogen and oxygen atoms in total. The van der Waals surface area contributed by atoms with E-state index in [9.17, 15) is 31.5 Å². The highest BCUT2D eigenvalue weighted by Gasteiger charge is 2.32. The van der Waals surface area contributed by atoms with Gasteiger partial charge in [-0.05, 0) is 30.5 Å². The highest BCUT2D eigenvalue weighted by atomic mass is 19.4. The minimum absolute atomic E-state index is 0.00913. The second kappa shape index (κ2) is 9.56. The lowest BCUT2D eigenvalue weighted by atomic mass is 9.96. The lowest BCUT2D eigenvalue weighted by Crippen LogP contribution is -2.43. The molecule has 0 aromatic heterocycles. The summed E-state index contributed by atoms with van der Waals surface area (Å²) < 4.78 is 68.8. The summed E-state index contributed by atoms with van der Waals surface area (Å²) in [6.45, 7) is -4.14. The van der Waals surface area contributed by atoms with Crippen molar-refractivity contribution in [2.24, 2.45) is 5.92 Å². The number of ether oxygens (including phenoxy) is 2. The van der Waals surface area contributed by atoms with E-state index in [-0.39, 0.29) is 37.2 Å². The smallest absolute Gasteiger partial charge is 0.422 e. The van der Waals surface area contributed by atoms with Gasteiger partial charge in [0.1, 0.15) is 5.75 Å². The average Bonchev–Trinajstić information content (AvgIpc) is 2.64. The minimum atomic E-state index is -4.59. The number of likely N-dealkylation sites (tertiary alicyclic amines) is 1. The molecule has 0 atom stereocenters. The number of nitrogens with one attached hydrogen (secondary N) is 1. The third-order valence-corrected chi connectivity index (χ3v) is 4.10. The Morgan fingerprint density at radius 2 is 1.75 bits per heavy atom. The second-order valence-corrected chi connectivity index (χ2v) is 6.17. The van der Waals surface area contributed by atoms with Crippen LogP contribution in [0.25, 0.3) is 0 Å². The maximum atomic E-state index is 12.2. The summed E-state index contributed by atoms with van der Waals surface area (Å²) in [5.74, 6) is -0.626. The first-order valence-electron chi connectivity index (χ1n) is 8.44. The molecule has 1 N–H and O–H groups in total. The van der Waals surface area contributed by atoms with E-state index in [0.717, 1.165) is 4.90 Å². The number of halogens is 5. The van der Waals surface area contributed by atoms with Crippen molar-refractivity contribution in [3.8, 4) is 5.75 Å². The fourth-order valence-electron chi connectivity index (χ4n) is 2.68. The number of alkyl halides is 5. The zero-order valence-corrected chi connectivity index (χ0v) is 14.7. The highest BCUT2D eigenvalue weighted by Crippen LogP contribution is 2.20. The second-order valence-electron chi connectivity index (χ2n) is 6.17. The zero-order valence-electron chi connectivity index (χ0n) is 14.7. The van der Waals surface area contributed by atoms with Gasteiger partial charge < -0.3 is 19.7 Å². The van der Waals surface area contributed by atoms with Gasteiger partial charge in [-0.2, -0.15) is 22.0 Å². The molecule has 1 heterocycles. The number of carbonyl (C=O) groups excluding carboxylic acids is 2. The molecule has 0 aliphatic carbocycles. The van der Waals surface area contributed by atoms with Gasteiger partial charge in [0.15, 0.2) is 6.61 Å². The number of amides is 2. The molecule has 1 fully saturated rings. The molecule has 1 saturated heterocycles. The zero-order chi connectivity index (χ0) is 20.7. The standard InChI is InChI=1S/C17H19F5N2O4/c18-15(19)28-13-3-1-11(2-4-13)9-23-14(25)12-5-7-24(8-6-12)16(26)27-10-17(20,21)22/h1-4,12,15H,5-10H2,(H,23,25). The fraction of sp³-hybridized carbons (Fsp3) is 0.529. The SMILES string of the molecule is O=C(NCc1ccc(OC(F)F)cc1)C1CCN(C(=O)OCC(F)(F)F)CC1. The van der Waals surface area contributed by atoms with E-state index in [0.29, 0.717) is 18.4 Å². The Morgan fingerprint density at radius 3 is 2.29 bits per heavy atom. The van der Waals surface area contributed by atoms with Crippen LogP contribution in [-0.4, -0.2) is 49.4 Å². The number of hydrogen-bond acceptors (Lipinski definition) is 4. The van der Waals surface area contributed by atoms with Crippen molar-refractivity contribution < 1.29 is 41.0 Å². The molecule has 0 spiro atoms. The summed E-state index contributed by atoms with van der Waals surface area (Å²) >= 11 is 0. The number of carbonyl (C=O) groups is 2. The van der Waals surface area contributed by atoms with Crippen molar-refractivity contribution in [2.45, 2.75) is 32.2 Å². The van der Waals surface area contributed by atoms with E-state index in [4.69, 9.17) is 0 Å². The summed E-state index contributed by atoms with van der Waals surface area (Å²) in [6, 6.07) is 5.80. The van der Waals surface area contributed by atoms with Crippen LogP contribution in [0.15, 0.2) is 24.3 Å². The maximum Gasteiger partial charge on any atom is 0.422 e. The molecule has 11 heteroatoms. The number of benzene rings is 1. The van der Waals surface area contributed by atoms with Gasteiger partial charge in [0.05, 0.1) is 0 Å². The number of nitrogens with zero attached hydrogens (tertiary/aromatic N) is 1. The van der Waals surface area contributed by atoms with E-state index in [1.54, 1.807) is 0 Å². The summed E-state index contributed by atoms with van der Waals surface area (Å²) in [6.07, 6.45) is -5.04. The molecule has 0 saturated carbocycles. The van der Waals surface area contributed by atoms with Gasteiger partial charge in [-0.1, -0.05) is 12.1 Å². The molecule has 0 bridgehead atoms. The Kier molecular flexibility index (Phi) is 7.41. The molecule has 2 rings (SSSR count). The Hall–Kier alpha value is -2.59. The van der Waals surface area contributed by atoms with Gasteiger partial charge in [0.25, 0.3) is 0 Å². The highest BCUT2D eigenvalue weighted by molar-refractivity contribution is 5.79. The van der Waals surface area contributed by atoms with Crippen LogP contribution in [-0.2, 0) is 16.1 Å². The first-order valence-corrected chi connectivity index (χ1v) is 8.44. The summed E-state index contributed by atoms with van der Waals surface area (Å²) in [5, 5.41) is 2.71. The van der Waals surface area contributed by atoms with E-state index in [1.807, 2.05) is 0 Å². The van der Waals surface area contributed by atoms with Crippen LogP contribution in [0.1, 0.15) is 18.4 Å². The van der Waals surface area contributed by atoms with Gasteiger partial charge in [-0.3, -0.25) is 4.79 Å². The molecular weight excluding hydrogens is 391 g/mol. The van der Waals surface area contributed by atoms with E-state index >= 15 is 0 Å². The molecular formula is C17H19F5N2O4. The first kappa shape index (κ1) is 21.7. The number of rotatable bonds is 6. The van der Waals surface area contributed by atoms with Crippen LogP contribution in [0.2, 0.25) is 0 Å². The topological polar surface area (TPSA) is 67.9 Å². The van der Waals surface area contributed by atoms with Crippen LogP contribution < -0.4 is 10.1 Å². The van der Waals surface area contributed by atoms with E-state index < -0.39 is 25.5 Å². The van der Waals surface area contributed by atoms with Crippen LogP contribution in [0.4, 0.5) is 26.7 Å². The summed E-state index contributed by atoms with van der Waals surface area (Å²) in [7, 11) is 0. The normalized spacial score (nSPS) is 15.4. The fourth-order valence-corrected chi connectivity index (χ4v) is 2.68. The molecule has 1 aliphatic rings. The van der Waals surface area contributed by atoms with Gasteiger partial charge in [0, 0.05) is 25.6 Å². The molecule has 156 valence electrons. The van der Waals surface area contributed by atoms with Gasteiger partial charge >= 0.3 is 18.9 Å². The van der Waals surface area contributed by atoms with E-state index in [2.05, 4.69) is 14.8 Å². The lowest BCUT2D eigenvalue weighted by molar-refractivity contribution is -0.162. The Balaban J connectivity index is 1.72. The lowest BCUT2D eigenvalue weighted by Gasteiger charge is -2.30. The van der Waals surface area contributed by atoms with Crippen molar-refractivity contribution in [2.75, 3.05) is 19.7 Å². The van der Waals surface area contributed by atoms with Crippen LogP contribution in [0.5, 0.6) is 5.75 Å². The largest absolute Gasteiger partial charge is 0.440 e. The monoisotopic (exact) mass is 410 g/mol. The van der Waals surface area contributed by atoms with Gasteiger partial charge in [-0.25, -0.2) is 4.79 Å². The predicted molar refractivity (Wildman–Crippen MR) is 86.6 cm³/mol. The van der Waals surface area contributed by atoms with Crippen molar-refractivity contribution in [1.82, 2.24) is 10.2 Å². The molecule has 1 aliphatic heterocycles. The van der Waals surface area contributed by atoms with Gasteiger partial charge in [-0.15, -0.1) is 0 Å². The van der Waals surface area contributed by atoms with Crippen LogP contribution in [0, 0.1) is 5.92 Å². The number of piperidine rings is 1.